The number of hydrogen-bond acceptors (Lipinski definition) is 3. The fourth-order valence-corrected chi connectivity index (χ4v) is 8.97. The third-order valence-electron chi connectivity index (χ3n) is 10.1. The van der Waals surface area contributed by atoms with Crippen LogP contribution in [0.4, 0.5) is 0 Å². The molecule has 232 valence electrons. The number of benzene rings is 8. The molecule has 3 aromatic heterocycles. The van der Waals surface area contributed by atoms with Crippen LogP contribution in [0.5, 0.6) is 0 Å². The first-order valence-corrected chi connectivity index (χ1v) is 17.7. The van der Waals surface area contributed by atoms with Gasteiger partial charge in [-0.3, -0.25) is 0 Å². The second-order valence-corrected chi connectivity index (χ2v) is 14.1. The van der Waals surface area contributed by atoms with E-state index in [2.05, 4.69) is 156 Å². The van der Waals surface area contributed by atoms with Crippen LogP contribution in [0.3, 0.4) is 0 Å². The van der Waals surface area contributed by atoms with E-state index in [0.29, 0.717) is 0 Å². The Kier molecular flexibility index (Phi) is 5.83. The van der Waals surface area contributed by atoms with Gasteiger partial charge in [0.05, 0.1) is 33.5 Å². The molecule has 0 aliphatic heterocycles. The number of aromatic nitrogens is 3. The van der Waals surface area contributed by atoms with Crippen molar-refractivity contribution >= 4 is 85.9 Å². The summed E-state index contributed by atoms with van der Waals surface area (Å²) in [6.45, 7) is 0. The molecule has 0 aliphatic rings. The molecule has 0 saturated carbocycles. The zero-order valence-electron chi connectivity index (χ0n) is 26.8. The van der Waals surface area contributed by atoms with E-state index in [1.165, 1.54) is 52.8 Å². The van der Waals surface area contributed by atoms with Crippen molar-refractivity contribution in [3.63, 3.8) is 0 Å². The van der Waals surface area contributed by atoms with E-state index in [4.69, 9.17) is 9.97 Å². The quantitative estimate of drug-likeness (QED) is 0.178. The SMILES string of the molecule is c1ccc(-c2nc3ccc4ccc5ccc(-n6c7ccccc7c7cc8sc9ccccc9c8cc76)cc5c4c3nc2-c2ccccc2)cc1. The van der Waals surface area contributed by atoms with Gasteiger partial charge in [-0.05, 0) is 58.6 Å². The van der Waals surface area contributed by atoms with E-state index in [9.17, 15) is 0 Å². The topological polar surface area (TPSA) is 30.7 Å². The number of para-hydroxylation sites is 1. The van der Waals surface area contributed by atoms with Gasteiger partial charge in [0.2, 0.25) is 0 Å². The van der Waals surface area contributed by atoms with Crippen molar-refractivity contribution in [1.29, 1.82) is 0 Å². The van der Waals surface area contributed by atoms with Crippen LogP contribution in [-0.4, -0.2) is 14.5 Å². The van der Waals surface area contributed by atoms with Crippen LogP contribution < -0.4 is 0 Å². The third-order valence-corrected chi connectivity index (χ3v) is 11.3. The van der Waals surface area contributed by atoms with Crippen molar-refractivity contribution in [2.75, 3.05) is 0 Å². The van der Waals surface area contributed by atoms with Gasteiger partial charge in [-0.1, -0.05) is 121 Å². The van der Waals surface area contributed by atoms with Crippen LogP contribution in [0, 0.1) is 0 Å². The highest BCUT2D eigenvalue weighted by molar-refractivity contribution is 7.25. The molecule has 4 heteroatoms. The molecule has 0 amide bonds. The van der Waals surface area contributed by atoms with Gasteiger partial charge in [0, 0.05) is 53.1 Å². The zero-order valence-corrected chi connectivity index (χ0v) is 27.7. The third kappa shape index (κ3) is 4.03. The van der Waals surface area contributed by atoms with E-state index < -0.39 is 0 Å². The van der Waals surface area contributed by atoms with E-state index in [1.807, 2.05) is 23.5 Å². The Balaban J connectivity index is 1.23. The fourth-order valence-electron chi connectivity index (χ4n) is 7.84. The number of nitrogens with zero attached hydrogens (tertiary/aromatic N) is 3. The van der Waals surface area contributed by atoms with Gasteiger partial charge in [-0.25, -0.2) is 9.97 Å². The number of rotatable bonds is 3. The van der Waals surface area contributed by atoms with Crippen molar-refractivity contribution in [3.8, 4) is 28.2 Å². The second kappa shape index (κ2) is 10.6. The fraction of sp³-hybridized carbons (Fsp3) is 0. The molecule has 50 heavy (non-hydrogen) atoms. The van der Waals surface area contributed by atoms with Crippen molar-refractivity contribution in [2.24, 2.45) is 0 Å². The summed E-state index contributed by atoms with van der Waals surface area (Å²) in [6.07, 6.45) is 0. The summed E-state index contributed by atoms with van der Waals surface area (Å²) in [5, 5.41) is 9.76. The summed E-state index contributed by atoms with van der Waals surface area (Å²) >= 11 is 1.87. The minimum Gasteiger partial charge on any atom is -0.309 e. The maximum absolute atomic E-state index is 5.48. The monoisotopic (exact) mass is 653 g/mol. The molecule has 0 unspecified atom stereocenters. The van der Waals surface area contributed by atoms with Crippen LogP contribution in [0.25, 0.3) is 103 Å². The van der Waals surface area contributed by atoms with Crippen molar-refractivity contribution in [3.05, 3.63) is 164 Å². The average Bonchev–Trinajstić information content (AvgIpc) is 3.71. The van der Waals surface area contributed by atoms with E-state index in [-0.39, 0.29) is 0 Å². The molecule has 0 atom stereocenters. The molecule has 0 saturated heterocycles. The molecule has 0 aliphatic carbocycles. The molecular formula is C46H27N3S. The Morgan fingerprint density at radius 2 is 1.08 bits per heavy atom. The van der Waals surface area contributed by atoms with Crippen LogP contribution in [-0.2, 0) is 0 Å². The Bertz CT molecular complexity index is 3140. The normalized spacial score (nSPS) is 12.0. The Hall–Kier alpha value is -6.36. The van der Waals surface area contributed by atoms with Crippen LogP contribution in [0.15, 0.2) is 164 Å². The van der Waals surface area contributed by atoms with E-state index in [1.54, 1.807) is 0 Å². The van der Waals surface area contributed by atoms with Gasteiger partial charge in [-0.15, -0.1) is 11.3 Å². The summed E-state index contributed by atoms with van der Waals surface area (Å²) in [4.78, 5) is 10.8. The Morgan fingerprint density at radius 3 is 1.90 bits per heavy atom. The van der Waals surface area contributed by atoms with Crippen LogP contribution in [0.1, 0.15) is 0 Å². The molecule has 3 nitrogen and oxygen atoms in total. The Morgan fingerprint density at radius 1 is 0.420 bits per heavy atom. The second-order valence-electron chi connectivity index (χ2n) is 13.0. The highest BCUT2D eigenvalue weighted by Gasteiger charge is 2.18. The lowest BCUT2D eigenvalue weighted by molar-refractivity contribution is 1.19. The van der Waals surface area contributed by atoms with E-state index >= 15 is 0 Å². The lowest BCUT2D eigenvalue weighted by Crippen LogP contribution is -1.97. The molecular weight excluding hydrogens is 627 g/mol. The largest absolute Gasteiger partial charge is 0.309 e. The number of fused-ring (bicyclic) bond motifs is 11. The summed E-state index contributed by atoms with van der Waals surface area (Å²) in [5.74, 6) is 0. The highest BCUT2D eigenvalue weighted by Crippen LogP contribution is 2.42. The molecule has 0 bridgehead atoms. The van der Waals surface area contributed by atoms with Crippen molar-refractivity contribution in [2.45, 2.75) is 0 Å². The van der Waals surface area contributed by atoms with Crippen LogP contribution in [0.2, 0.25) is 0 Å². The number of thiophene rings is 1. The first kappa shape index (κ1) is 27.6. The standard InChI is InChI=1S/C46H27N3S/c1-3-11-30(12-4-1)44-45(31-13-5-2-6-14-31)48-46-38(47-44)24-22-29-20-19-28-21-23-32(25-35(28)43(29)46)49-39-17-9-7-15-33(39)36-27-42-37(26-40(36)49)34-16-8-10-18-41(34)50-42/h1-27H. The Labute approximate surface area is 291 Å². The first-order chi connectivity index (χ1) is 24.8. The minimum absolute atomic E-state index is 0.887. The van der Waals surface area contributed by atoms with E-state index in [0.717, 1.165) is 50.0 Å². The van der Waals surface area contributed by atoms with Gasteiger partial charge in [0.15, 0.2) is 0 Å². The first-order valence-electron chi connectivity index (χ1n) is 16.9. The molecule has 0 N–H and O–H groups in total. The molecule has 11 aromatic rings. The van der Waals surface area contributed by atoms with Gasteiger partial charge in [0.1, 0.15) is 0 Å². The highest BCUT2D eigenvalue weighted by atomic mass is 32.1. The lowest BCUT2D eigenvalue weighted by Gasteiger charge is -2.14. The molecule has 11 rings (SSSR count). The van der Waals surface area contributed by atoms with Gasteiger partial charge >= 0.3 is 0 Å². The predicted molar refractivity (Wildman–Crippen MR) is 213 cm³/mol. The van der Waals surface area contributed by atoms with Gasteiger partial charge in [-0.2, -0.15) is 0 Å². The molecule has 8 aromatic carbocycles. The van der Waals surface area contributed by atoms with Crippen molar-refractivity contribution < 1.29 is 0 Å². The molecule has 0 radical (unpaired) electrons. The van der Waals surface area contributed by atoms with Gasteiger partial charge in [0.25, 0.3) is 0 Å². The predicted octanol–water partition coefficient (Wildman–Crippen LogP) is 12.7. The van der Waals surface area contributed by atoms with Gasteiger partial charge < -0.3 is 4.57 Å². The molecule has 0 fully saturated rings. The smallest absolute Gasteiger partial charge is 0.0979 e. The minimum atomic E-state index is 0.887. The molecule has 0 spiro atoms. The van der Waals surface area contributed by atoms with Crippen molar-refractivity contribution in [1.82, 2.24) is 14.5 Å². The summed E-state index contributed by atoms with van der Waals surface area (Å²) in [6, 6.07) is 58.8. The summed E-state index contributed by atoms with van der Waals surface area (Å²) < 4.78 is 5.08. The molecule has 3 heterocycles. The van der Waals surface area contributed by atoms with Crippen LogP contribution >= 0.6 is 11.3 Å². The summed E-state index contributed by atoms with van der Waals surface area (Å²) in [5.41, 5.74) is 9.23. The number of hydrogen-bond donors (Lipinski definition) is 0. The zero-order chi connectivity index (χ0) is 32.8. The maximum Gasteiger partial charge on any atom is 0.0979 e. The maximum atomic E-state index is 5.48. The summed E-state index contributed by atoms with van der Waals surface area (Å²) in [7, 11) is 0. The lowest BCUT2D eigenvalue weighted by atomic mass is 9.98. The average molecular weight is 654 g/mol.